The Labute approximate surface area is 174 Å². The maximum absolute atomic E-state index is 13.4. The lowest BCUT2D eigenvalue weighted by atomic mass is 9.95. The van der Waals surface area contributed by atoms with Crippen molar-refractivity contribution in [1.29, 1.82) is 5.26 Å². The molecule has 2 heterocycles. The van der Waals surface area contributed by atoms with E-state index >= 15 is 0 Å². The first-order valence-electron chi connectivity index (χ1n) is 9.40. The number of carbonyl (C=O) groups excluding carboxylic acids is 2. The fourth-order valence-electron chi connectivity index (χ4n) is 3.89. The summed E-state index contributed by atoms with van der Waals surface area (Å²) in [6, 6.07) is 20.3. The summed E-state index contributed by atoms with van der Waals surface area (Å²) in [6.45, 7) is 1.88. The first-order valence-corrected chi connectivity index (χ1v) is 10.3. The quantitative estimate of drug-likeness (QED) is 0.430. The van der Waals surface area contributed by atoms with Crippen LogP contribution < -0.4 is 0 Å². The van der Waals surface area contributed by atoms with Gasteiger partial charge >= 0.3 is 5.97 Å². The molecule has 4 rings (SSSR count). The predicted molar refractivity (Wildman–Crippen MR) is 111 cm³/mol. The van der Waals surface area contributed by atoms with Crippen LogP contribution in [0.25, 0.3) is 0 Å². The van der Waals surface area contributed by atoms with Crippen LogP contribution in [0.5, 0.6) is 0 Å². The van der Waals surface area contributed by atoms with Crippen LogP contribution in [0.15, 0.2) is 72.8 Å². The molecule has 2 saturated heterocycles. The maximum atomic E-state index is 13.4. The molecule has 5 nitrogen and oxygen atoms in total. The summed E-state index contributed by atoms with van der Waals surface area (Å²) in [5, 5.41) is 8.91. The number of nitriles is 1. The lowest BCUT2D eigenvalue weighted by Crippen LogP contribution is -2.57. The molecule has 0 saturated carbocycles. The molecule has 0 aliphatic carbocycles. The standard InChI is InChI=1S/C23H20N2O3S/c1-23(13-8-14-24)21(25-18(26)15-19(25)29-23)22(27)28-20(16-9-4-2-5-10-16)17-11-6-3-7-12-17/h2-13,19-21H,15H2,1H3/b13-8-/t19-,21+,23+/m1/s1. The van der Waals surface area contributed by atoms with Crippen molar-refractivity contribution in [2.75, 3.05) is 0 Å². The Morgan fingerprint density at radius 2 is 1.79 bits per heavy atom. The number of amides is 1. The summed E-state index contributed by atoms with van der Waals surface area (Å²) in [6.07, 6.45) is 2.91. The summed E-state index contributed by atoms with van der Waals surface area (Å²) >= 11 is 1.53. The fraction of sp³-hybridized carbons (Fsp3) is 0.261. The molecule has 0 radical (unpaired) electrons. The van der Waals surface area contributed by atoms with Crippen LogP contribution in [0, 0.1) is 11.3 Å². The number of ether oxygens (including phenoxy) is 1. The van der Waals surface area contributed by atoms with E-state index in [-0.39, 0.29) is 11.3 Å². The van der Waals surface area contributed by atoms with E-state index in [2.05, 4.69) is 0 Å². The lowest BCUT2D eigenvalue weighted by molar-refractivity contribution is -0.163. The Morgan fingerprint density at radius 1 is 1.21 bits per heavy atom. The van der Waals surface area contributed by atoms with Gasteiger partial charge in [0.2, 0.25) is 5.91 Å². The van der Waals surface area contributed by atoms with Crippen LogP contribution in [0.4, 0.5) is 0 Å². The molecule has 2 aromatic carbocycles. The minimum atomic E-state index is -0.765. The Morgan fingerprint density at radius 3 is 2.31 bits per heavy atom. The van der Waals surface area contributed by atoms with Crippen LogP contribution in [0.2, 0.25) is 0 Å². The van der Waals surface area contributed by atoms with Crippen molar-refractivity contribution in [3.63, 3.8) is 0 Å². The summed E-state index contributed by atoms with van der Waals surface area (Å²) in [7, 11) is 0. The second kappa shape index (κ2) is 7.76. The third-order valence-corrected chi connectivity index (χ3v) is 6.84. The molecule has 0 bridgehead atoms. The molecule has 29 heavy (non-hydrogen) atoms. The first-order chi connectivity index (χ1) is 14.0. The van der Waals surface area contributed by atoms with Gasteiger partial charge in [-0.15, -0.1) is 11.8 Å². The molecule has 3 atom stereocenters. The Kier molecular flexibility index (Phi) is 5.16. The number of β-lactam (4-membered cyclic amide) rings is 1. The highest BCUT2D eigenvalue weighted by atomic mass is 32.2. The zero-order valence-corrected chi connectivity index (χ0v) is 16.7. The third kappa shape index (κ3) is 3.54. The minimum absolute atomic E-state index is 0.0553. The Balaban J connectivity index is 1.67. The molecular formula is C23H20N2O3S. The van der Waals surface area contributed by atoms with E-state index in [4.69, 9.17) is 10.00 Å². The van der Waals surface area contributed by atoms with Crippen molar-refractivity contribution in [3.8, 4) is 6.07 Å². The number of carbonyl (C=O) groups is 2. The lowest BCUT2D eigenvalue weighted by Gasteiger charge is -2.38. The Hall–Kier alpha value is -3.04. The molecule has 2 aliphatic heterocycles. The van der Waals surface area contributed by atoms with Crippen LogP contribution in [-0.2, 0) is 14.3 Å². The maximum Gasteiger partial charge on any atom is 0.331 e. The summed E-state index contributed by atoms with van der Waals surface area (Å²) < 4.78 is 5.31. The molecular weight excluding hydrogens is 384 g/mol. The van der Waals surface area contributed by atoms with E-state index in [9.17, 15) is 9.59 Å². The smallest absolute Gasteiger partial charge is 0.331 e. The molecule has 0 aromatic heterocycles. The van der Waals surface area contributed by atoms with Gasteiger partial charge in [0.25, 0.3) is 0 Å². The average molecular weight is 404 g/mol. The molecule has 0 unspecified atom stereocenters. The summed E-state index contributed by atoms with van der Waals surface area (Å²) in [5.74, 6) is -0.523. The number of benzene rings is 2. The number of hydrogen-bond acceptors (Lipinski definition) is 5. The summed E-state index contributed by atoms with van der Waals surface area (Å²) in [4.78, 5) is 27.2. The number of rotatable bonds is 5. The highest BCUT2D eigenvalue weighted by Crippen LogP contribution is 2.52. The van der Waals surface area contributed by atoms with Gasteiger partial charge in [0.15, 0.2) is 6.10 Å². The van der Waals surface area contributed by atoms with Crippen molar-refractivity contribution in [1.82, 2.24) is 4.90 Å². The zero-order valence-electron chi connectivity index (χ0n) is 15.9. The van der Waals surface area contributed by atoms with Gasteiger partial charge in [0.1, 0.15) is 6.04 Å². The SMILES string of the molecule is C[C@@]1(/C=C\C#N)S[C@@H]2CC(=O)N2[C@H]1C(=O)OC(c1ccccc1)c1ccccc1. The molecule has 2 fully saturated rings. The molecule has 0 N–H and O–H groups in total. The van der Waals surface area contributed by atoms with Gasteiger partial charge in [0, 0.05) is 6.08 Å². The van der Waals surface area contributed by atoms with Crippen LogP contribution in [-0.4, -0.2) is 32.9 Å². The molecule has 1 amide bonds. The minimum Gasteiger partial charge on any atom is -0.451 e. The van der Waals surface area contributed by atoms with E-state index in [0.29, 0.717) is 6.42 Å². The topological polar surface area (TPSA) is 70.4 Å². The summed E-state index contributed by atoms with van der Waals surface area (Å²) in [5.41, 5.74) is 1.72. The number of allylic oxidation sites excluding steroid dienone is 1. The molecule has 146 valence electrons. The van der Waals surface area contributed by atoms with E-state index in [1.54, 1.807) is 11.0 Å². The van der Waals surface area contributed by atoms with Crippen molar-refractivity contribution in [3.05, 3.63) is 83.9 Å². The van der Waals surface area contributed by atoms with Crippen molar-refractivity contribution in [2.24, 2.45) is 0 Å². The average Bonchev–Trinajstić information content (AvgIpc) is 2.99. The second-order valence-corrected chi connectivity index (χ2v) is 8.92. The number of nitrogens with zero attached hydrogens (tertiary/aromatic N) is 2. The van der Waals surface area contributed by atoms with E-state index in [1.807, 2.05) is 73.7 Å². The van der Waals surface area contributed by atoms with E-state index < -0.39 is 22.9 Å². The molecule has 0 spiro atoms. The van der Waals surface area contributed by atoms with Gasteiger partial charge in [0.05, 0.1) is 22.6 Å². The van der Waals surface area contributed by atoms with Gasteiger partial charge in [-0.2, -0.15) is 5.26 Å². The van der Waals surface area contributed by atoms with E-state index in [0.717, 1.165) is 11.1 Å². The number of thioether (sulfide) groups is 1. The monoisotopic (exact) mass is 404 g/mol. The van der Waals surface area contributed by atoms with Crippen molar-refractivity contribution < 1.29 is 14.3 Å². The van der Waals surface area contributed by atoms with Gasteiger partial charge in [-0.05, 0) is 18.1 Å². The number of esters is 1. The van der Waals surface area contributed by atoms with Gasteiger partial charge < -0.3 is 9.64 Å². The Bertz CT molecular complexity index is 947. The van der Waals surface area contributed by atoms with Crippen molar-refractivity contribution >= 4 is 23.6 Å². The highest BCUT2D eigenvalue weighted by molar-refractivity contribution is 8.01. The van der Waals surface area contributed by atoms with Crippen LogP contribution in [0.1, 0.15) is 30.6 Å². The van der Waals surface area contributed by atoms with Crippen LogP contribution >= 0.6 is 11.8 Å². The normalized spacial score (nSPS) is 25.6. The molecule has 2 aliphatic rings. The molecule has 2 aromatic rings. The number of hydrogen-bond donors (Lipinski definition) is 0. The number of fused-ring (bicyclic) bond motifs is 1. The first kappa shape index (κ1) is 19.3. The van der Waals surface area contributed by atoms with Gasteiger partial charge in [-0.1, -0.05) is 66.7 Å². The van der Waals surface area contributed by atoms with E-state index in [1.165, 1.54) is 17.8 Å². The fourth-order valence-corrected chi connectivity index (χ4v) is 5.54. The van der Waals surface area contributed by atoms with Crippen LogP contribution in [0.3, 0.4) is 0 Å². The third-order valence-electron chi connectivity index (χ3n) is 5.31. The second-order valence-electron chi connectivity index (χ2n) is 7.26. The predicted octanol–water partition coefficient (Wildman–Crippen LogP) is 3.83. The zero-order chi connectivity index (χ0) is 20.4. The van der Waals surface area contributed by atoms with Crippen molar-refractivity contribution in [2.45, 2.75) is 35.6 Å². The van der Waals surface area contributed by atoms with Gasteiger partial charge in [-0.25, -0.2) is 4.79 Å². The van der Waals surface area contributed by atoms with Gasteiger partial charge in [-0.3, -0.25) is 4.79 Å². The largest absolute Gasteiger partial charge is 0.451 e. The molecule has 6 heteroatoms. The highest BCUT2D eigenvalue weighted by Gasteiger charge is 2.60.